The van der Waals surface area contributed by atoms with E-state index in [9.17, 15) is 9.59 Å². The van der Waals surface area contributed by atoms with Crippen LogP contribution in [-0.4, -0.2) is 51.7 Å². The topological polar surface area (TPSA) is 82.2 Å². The highest BCUT2D eigenvalue weighted by Crippen LogP contribution is 2.18. The summed E-state index contributed by atoms with van der Waals surface area (Å²) in [5, 5.41) is 14.6. The zero-order valence-electron chi connectivity index (χ0n) is 19.3. The molecule has 1 aliphatic heterocycles. The lowest BCUT2D eigenvalue weighted by Crippen LogP contribution is -2.37. The maximum Gasteiger partial charge on any atom is 0.279 e. The predicted octanol–water partition coefficient (Wildman–Crippen LogP) is 3.61. The van der Waals surface area contributed by atoms with E-state index in [-0.39, 0.29) is 11.5 Å². The average molecular weight is 464 g/mol. The Morgan fingerprint density at radius 1 is 0.857 bits per heavy atom. The molecular weight excluding hydrogens is 438 g/mol. The minimum absolute atomic E-state index is 0.161. The molecule has 0 aliphatic carbocycles. The smallest absolute Gasteiger partial charge is 0.279 e. The Labute approximate surface area is 203 Å². The summed E-state index contributed by atoms with van der Waals surface area (Å²) in [6, 6.07) is 26.1. The van der Waals surface area contributed by atoms with Gasteiger partial charge < -0.3 is 4.90 Å². The van der Waals surface area contributed by atoms with Gasteiger partial charge >= 0.3 is 0 Å². The van der Waals surface area contributed by atoms with Crippen LogP contribution >= 0.6 is 0 Å². The molecule has 35 heavy (non-hydrogen) atoms. The van der Waals surface area contributed by atoms with Gasteiger partial charge in [0.2, 0.25) is 0 Å². The third-order valence-corrected chi connectivity index (χ3v) is 6.37. The van der Waals surface area contributed by atoms with E-state index < -0.39 is 0 Å². The standard InChI is InChI=1S/C28H25N5O2/c29-19-21-11-13-22(14-12-21)20-31-15-6-16-32(18-17-31)28(35)26-24-9-4-5-10-25(24)27(34)33(30-26)23-7-2-1-3-8-23/h1-5,7-14H,6,15-18,20H2. The minimum atomic E-state index is -0.243. The number of hydrogen-bond donors (Lipinski definition) is 0. The molecule has 1 saturated heterocycles. The SMILES string of the molecule is N#Cc1ccc(CN2CCCN(C(=O)c3nn(-c4ccccc4)c(=O)c4ccccc34)CC2)cc1. The van der Waals surface area contributed by atoms with Gasteiger partial charge in [-0.25, -0.2) is 0 Å². The first kappa shape index (κ1) is 22.5. The van der Waals surface area contributed by atoms with Gasteiger partial charge in [-0.05, 0) is 42.3 Å². The van der Waals surface area contributed by atoms with Crippen LogP contribution in [0.5, 0.6) is 0 Å². The highest BCUT2D eigenvalue weighted by atomic mass is 16.2. The van der Waals surface area contributed by atoms with E-state index in [2.05, 4.69) is 16.1 Å². The van der Waals surface area contributed by atoms with Crippen LogP contribution in [0.4, 0.5) is 0 Å². The van der Waals surface area contributed by atoms with Crippen molar-refractivity contribution in [3.63, 3.8) is 0 Å². The lowest BCUT2D eigenvalue weighted by molar-refractivity contribution is 0.0755. The minimum Gasteiger partial charge on any atom is -0.336 e. The van der Waals surface area contributed by atoms with E-state index in [1.165, 1.54) is 4.68 Å². The molecule has 0 spiro atoms. The van der Waals surface area contributed by atoms with E-state index >= 15 is 0 Å². The average Bonchev–Trinajstić information content (AvgIpc) is 3.15. The monoisotopic (exact) mass is 463 g/mol. The second kappa shape index (κ2) is 9.92. The second-order valence-corrected chi connectivity index (χ2v) is 8.68. The van der Waals surface area contributed by atoms with Crippen molar-refractivity contribution in [2.75, 3.05) is 26.2 Å². The van der Waals surface area contributed by atoms with Crippen LogP contribution < -0.4 is 5.56 Å². The molecule has 0 saturated carbocycles. The molecular formula is C28H25N5O2. The fourth-order valence-corrected chi connectivity index (χ4v) is 4.52. The van der Waals surface area contributed by atoms with Crippen LogP contribution in [0.1, 0.15) is 28.0 Å². The molecule has 1 aromatic heterocycles. The summed E-state index contributed by atoms with van der Waals surface area (Å²) in [5.41, 5.74) is 2.48. The molecule has 4 aromatic rings. The molecule has 1 fully saturated rings. The molecule has 0 bridgehead atoms. The van der Waals surface area contributed by atoms with Crippen LogP contribution in [0.15, 0.2) is 83.7 Å². The molecule has 7 nitrogen and oxygen atoms in total. The summed E-state index contributed by atoms with van der Waals surface area (Å²) in [5.74, 6) is -0.161. The highest BCUT2D eigenvalue weighted by molar-refractivity contribution is 6.04. The first-order valence-electron chi connectivity index (χ1n) is 11.7. The third-order valence-electron chi connectivity index (χ3n) is 6.37. The summed E-state index contributed by atoms with van der Waals surface area (Å²) in [4.78, 5) is 31.0. The number of aromatic nitrogens is 2. The molecule has 0 unspecified atom stereocenters. The number of rotatable bonds is 4. The molecule has 174 valence electrons. The Balaban J connectivity index is 1.40. The van der Waals surface area contributed by atoms with E-state index in [0.29, 0.717) is 40.8 Å². The van der Waals surface area contributed by atoms with Crippen LogP contribution in [0.3, 0.4) is 0 Å². The molecule has 0 N–H and O–H groups in total. The summed E-state index contributed by atoms with van der Waals surface area (Å²) < 4.78 is 1.32. The fraction of sp³-hybridized carbons (Fsp3) is 0.214. The van der Waals surface area contributed by atoms with E-state index in [1.807, 2.05) is 65.6 Å². The number of para-hydroxylation sites is 1. The van der Waals surface area contributed by atoms with Crippen LogP contribution in [-0.2, 0) is 6.54 Å². The Morgan fingerprint density at radius 3 is 2.31 bits per heavy atom. The molecule has 5 rings (SSSR count). The van der Waals surface area contributed by atoms with Crippen molar-refractivity contribution in [3.8, 4) is 11.8 Å². The highest BCUT2D eigenvalue weighted by Gasteiger charge is 2.25. The van der Waals surface area contributed by atoms with Crippen molar-refractivity contribution >= 4 is 16.7 Å². The number of nitriles is 1. The number of carbonyl (C=O) groups excluding carboxylic acids is 1. The van der Waals surface area contributed by atoms with Gasteiger partial charge in [-0.2, -0.15) is 15.0 Å². The Bertz CT molecular complexity index is 1460. The van der Waals surface area contributed by atoms with Gasteiger partial charge in [-0.1, -0.05) is 48.5 Å². The number of hydrogen-bond acceptors (Lipinski definition) is 5. The van der Waals surface area contributed by atoms with Crippen molar-refractivity contribution in [1.82, 2.24) is 19.6 Å². The lowest BCUT2D eigenvalue weighted by Gasteiger charge is -2.22. The number of carbonyl (C=O) groups is 1. The van der Waals surface area contributed by atoms with Gasteiger partial charge in [0.15, 0.2) is 5.69 Å². The molecule has 1 aliphatic rings. The molecule has 7 heteroatoms. The molecule has 0 radical (unpaired) electrons. The van der Waals surface area contributed by atoms with Crippen molar-refractivity contribution in [2.24, 2.45) is 0 Å². The number of nitrogens with zero attached hydrogens (tertiary/aromatic N) is 5. The number of amides is 1. The summed E-state index contributed by atoms with van der Waals surface area (Å²) in [6.45, 7) is 3.59. The van der Waals surface area contributed by atoms with Crippen molar-refractivity contribution < 1.29 is 4.79 Å². The van der Waals surface area contributed by atoms with Gasteiger partial charge in [-0.15, -0.1) is 0 Å². The largest absolute Gasteiger partial charge is 0.336 e. The van der Waals surface area contributed by atoms with Gasteiger partial charge in [0, 0.05) is 38.1 Å². The van der Waals surface area contributed by atoms with Gasteiger partial charge in [0.25, 0.3) is 11.5 Å². The zero-order valence-corrected chi connectivity index (χ0v) is 19.3. The Hall–Kier alpha value is -4.28. The maximum atomic E-state index is 13.7. The zero-order chi connectivity index (χ0) is 24.2. The second-order valence-electron chi connectivity index (χ2n) is 8.68. The first-order chi connectivity index (χ1) is 17.1. The maximum absolute atomic E-state index is 13.7. The van der Waals surface area contributed by atoms with E-state index in [0.717, 1.165) is 31.6 Å². The normalized spacial score (nSPS) is 14.4. The van der Waals surface area contributed by atoms with Crippen molar-refractivity contribution in [3.05, 3.63) is 106 Å². The Morgan fingerprint density at radius 2 is 1.57 bits per heavy atom. The van der Waals surface area contributed by atoms with Crippen molar-refractivity contribution in [2.45, 2.75) is 13.0 Å². The van der Waals surface area contributed by atoms with Gasteiger partial charge in [0.05, 0.1) is 22.7 Å². The van der Waals surface area contributed by atoms with Crippen LogP contribution in [0.2, 0.25) is 0 Å². The summed E-state index contributed by atoms with van der Waals surface area (Å²) >= 11 is 0. The van der Waals surface area contributed by atoms with Gasteiger partial charge in [0.1, 0.15) is 0 Å². The fourth-order valence-electron chi connectivity index (χ4n) is 4.52. The van der Waals surface area contributed by atoms with E-state index in [1.54, 1.807) is 18.2 Å². The quantitative estimate of drug-likeness (QED) is 0.462. The van der Waals surface area contributed by atoms with E-state index in [4.69, 9.17) is 5.26 Å². The molecule has 3 aromatic carbocycles. The summed E-state index contributed by atoms with van der Waals surface area (Å²) in [6.07, 6.45) is 0.846. The predicted molar refractivity (Wildman–Crippen MR) is 134 cm³/mol. The Kier molecular flexibility index (Phi) is 6.38. The van der Waals surface area contributed by atoms with Crippen LogP contribution in [0.25, 0.3) is 16.5 Å². The third kappa shape index (κ3) is 4.70. The summed E-state index contributed by atoms with van der Waals surface area (Å²) in [7, 11) is 0. The van der Waals surface area contributed by atoms with Crippen molar-refractivity contribution in [1.29, 1.82) is 5.26 Å². The number of benzene rings is 3. The van der Waals surface area contributed by atoms with Crippen LogP contribution in [0, 0.1) is 11.3 Å². The molecule has 1 amide bonds. The van der Waals surface area contributed by atoms with Gasteiger partial charge in [-0.3, -0.25) is 14.5 Å². The molecule has 2 heterocycles. The lowest BCUT2D eigenvalue weighted by atomic mass is 10.1. The number of fused-ring (bicyclic) bond motifs is 1. The first-order valence-corrected chi connectivity index (χ1v) is 11.7. The molecule has 0 atom stereocenters.